The summed E-state index contributed by atoms with van der Waals surface area (Å²) in [4.78, 5) is 0. The molecule has 0 bridgehead atoms. The number of hydrogen-bond donors (Lipinski definition) is 1. The Kier molecular flexibility index (Phi) is 4.14. The molecule has 2 aromatic heterocycles. The van der Waals surface area contributed by atoms with E-state index in [9.17, 15) is 13.2 Å². The van der Waals surface area contributed by atoms with E-state index in [1.165, 1.54) is 12.1 Å². The average molecular weight is 321 g/mol. The highest BCUT2D eigenvalue weighted by Crippen LogP contribution is 2.23. The van der Waals surface area contributed by atoms with Gasteiger partial charge in [0.15, 0.2) is 5.65 Å². The molecule has 120 valence electrons. The molecular weight excluding hydrogens is 307 g/mol. The van der Waals surface area contributed by atoms with E-state index in [0.717, 1.165) is 16.5 Å². The first-order valence-corrected chi connectivity index (χ1v) is 7.11. The van der Waals surface area contributed by atoms with Gasteiger partial charge in [0.1, 0.15) is 11.6 Å². The van der Waals surface area contributed by atoms with E-state index >= 15 is 0 Å². The van der Waals surface area contributed by atoms with Crippen LogP contribution in [0.15, 0.2) is 36.4 Å². The summed E-state index contributed by atoms with van der Waals surface area (Å²) in [5, 5.41) is 14.4. The summed E-state index contributed by atoms with van der Waals surface area (Å²) in [6.07, 6.45) is -2.04. The van der Waals surface area contributed by atoms with Gasteiger partial charge in [-0.1, -0.05) is 19.1 Å². The summed E-state index contributed by atoms with van der Waals surface area (Å²) in [7, 11) is 0. The van der Waals surface area contributed by atoms with Gasteiger partial charge in [0.05, 0.1) is 6.04 Å². The number of nitrogens with zero attached hydrogens (tertiary/aromatic N) is 4. The highest BCUT2D eigenvalue weighted by molar-refractivity contribution is 5.45. The number of halogens is 3. The minimum Gasteiger partial charge on any atom is -0.362 e. The molecule has 3 aromatic rings. The zero-order valence-corrected chi connectivity index (χ0v) is 12.2. The maximum atomic E-state index is 13.0. The van der Waals surface area contributed by atoms with Crippen LogP contribution in [0.3, 0.4) is 0 Å². The second kappa shape index (κ2) is 6.23. The van der Waals surface area contributed by atoms with Crippen molar-refractivity contribution in [1.82, 2.24) is 19.8 Å². The van der Waals surface area contributed by atoms with Gasteiger partial charge in [-0.15, -0.1) is 15.3 Å². The topological polar surface area (TPSA) is 55.1 Å². The van der Waals surface area contributed by atoms with Crippen LogP contribution < -0.4 is 5.32 Å². The fraction of sp³-hybridized carbons (Fsp3) is 0.267. The molecule has 2 heterocycles. The van der Waals surface area contributed by atoms with Gasteiger partial charge in [-0.05, 0) is 36.2 Å². The molecule has 1 atom stereocenters. The summed E-state index contributed by atoms with van der Waals surface area (Å²) >= 11 is 0. The number of nitrogens with one attached hydrogen (secondary N) is 1. The standard InChI is InChI=1S/C15H14F3N5/c1-2-11(9-3-5-10(16)6-4-9)19-12-7-8-13-20-21-15(14(17)18)23(13)22-12/h3-8,11,14H,2H2,1H3,(H,19,22)/t11-/m0/s1. The van der Waals surface area contributed by atoms with Crippen LogP contribution >= 0.6 is 0 Å². The molecule has 3 rings (SSSR count). The smallest absolute Gasteiger partial charge is 0.299 e. The predicted octanol–water partition coefficient (Wildman–Crippen LogP) is 3.76. The van der Waals surface area contributed by atoms with Gasteiger partial charge in [-0.2, -0.15) is 4.52 Å². The van der Waals surface area contributed by atoms with Gasteiger partial charge in [0, 0.05) is 0 Å². The normalized spacial score (nSPS) is 12.7. The summed E-state index contributed by atoms with van der Waals surface area (Å²) in [5.74, 6) is -0.400. The molecule has 0 radical (unpaired) electrons. The third-order valence-electron chi connectivity index (χ3n) is 3.48. The van der Waals surface area contributed by atoms with Crippen molar-refractivity contribution in [1.29, 1.82) is 0 Å². The first-order chi connectivity index (χ1) is 11.1. The number of alkyl halides is 2. The maximum Gasteiger partial charge on any atom is 0.299 e. The van der Waals surface area contributed by atoms with Crippen molar-refractivity contribution in [2.24, 2.45) is 0 Å². The van der Waals surface area contributed by atoms with Crippen LogP contribution in [0.5, 0.6) is 0 Å². The molecule has 0 aliphatic heterocycles. The molecule has 0 aliphatic rings. The Bertz CT molecular complexity index is 800. The maximum absolute atomic E-state index is 13.0. The Labute approximate surface area is 130 Å². The lowest BCUT2D eigenvalue weighted by molar-refractivity contribution is 0.137. The van der Waals surface area contributed by atoms with Crippen LogP contribution in [0.1, 0.15) is 37.2 Å². The summed E-state index contributed by atoms with van der Waals surface area (Å²) in [5.41, 5.74) is 1.13. The Balaban J connectivity index is 1.90. The first kappa shape index (κ1) is 15.3. The lowest BCUT2D eigenvalue weighted by atomic mass is 10.0. The number of benzene rings is 1. The van der Waals surface area contributed by atoms with Crippen molar-refractivity contribution in [3.8, 4) is 0 Å². The Hall–Kier alpha value is -2.64. The van der Waals surface area contributed by atoms with E-state index in [2.05, 4.69) is 20.6 Å². The number of fused-ring (bicyclic) bond motifs is 1. The average Bonchev–Trinajstić information content (AvgIpc) is 2.97. The number of aromatic nitrogens is 4. The highest BCUT2D eigenvalue weighted by Gasteiger charge is 2.18. The van der Waals surface area contributed by atoms with E-state index in [-0.39, 0.29) is 17.5 Å². The van der Waals surface area contributed by atoms with Crippen LogP contribution in [0.25, 0.3) is 5.65 Å². The van der Waals surface area contributed by atoms with Crippen molar-refractivity contribution in [2.75, 3.05) is 5.32 Å². The fourth-order valence-electron chi connectivity index (χ4n) is 2.31. The predicted molar refractivity (Wildman–Crippen MR) is 78.8 cm³/mol. The van der Waals surface area contributed by atoms with E-state index in [0.29, 0.717) is 5.82 Å². The molecule has 0 amide bonds. The number of anilines is 1. The number of rotatable bonds is 5. The van der Waals surface area contributed by atoms with Crippen molar-refractivity contribution in [2.45, 2.75) is 25.8 Å². The molecule has 0 aliphatic carbocycles. The summed E-state index contributed by atoms with van der Waals surface area (Å²) in [6, 6.07) is 9.20. The SMILES string of the molecule is CC[C@H](Nc1ccc2nnc(C(F)F)n2n1)c1ccc(F)cc1. The molecule has 23 heavy (non-hydrogen) atoms. The lowest BCUT2D eigenvalue weighted by Gasteiger charge is -2.18. The van der Waals surface area contributed by atoms with Crippen LogP contribution in [-0.2, 0) is 0 Å². The molecule has 0 unspecified atom stereocenters. The zero-order valence-electron chi connectivity index (χ0n) is 12.2. The van der Waals surface area contributed by atoms with Gasteiger partial charge in [0.2, 0.25) is 5.82 Å². The van der Waals surface area contributed by atoms with Crippen molar-refractivity contribution in [3.05, 3.63) is 53.6 Å². The second-order valence-corrected chi connectivity index (χ2v) is 5.00. The Morgan fingerprint density at radius 2 is 1.83 bits per heavy atom. The van der Waals surface area contributed by atoms with E-state index < -0.39 is 12.2 Å². The van der Waals surface area contributed by atoms with Gasteiger partial charge < -0.3 is 5.32 Å². The van der Waals surface area contributed by atoms with Gasteiger partial charge in [-0.25, -0.2) is 13.2 Å². The fourth-order valence-corrected chi connectivity index (χ4v) is 2.31. The Morgan fingerprint density at radius 1 is 1.09 bits per heavy atom. The monoisotopic (exact) mass is 321 g/mol. The van der Waals surface area contributed by atoms with Crippen LogP contribution in [0.2, 0.25) is 0 Å². The molecule has 0 saturated carbocycles. The quantitative estimate of drug-likeness (QED) is 0.777. The molecule has 1 aromatic carbocycles. The molecular formula is C15H14F3N5. The van der Waals surface area contributed by atoms with E-state index in [4.69, 9.17) is 0 Å². The third-order valence-corrected chi connectivity index (χ3v) is 3.48. The lowest BCUT2D eigenvalue weighted by Crippen LogP contribution is -2.12. The third kappa shape index (κ3) is 3.10. The molecule has 5 nitrogen and oxygen atoms in total. The minimum atomic E-state index is -2.76. The van der Waals surface area contributed by atoms with Gasteiger partial charge in [-0.3, -0.25) is 0 Å². The number of hydrogen-bond acceptors (Lipinski definition) is 4. The second-order valence-electron chi connectivity index (χ2n) is 5.00. The molecule has 0 saturated heterocycles. The Morgan fingerprint density at radius 3 is 2.48 bits per heavy atom. The molecule has 0 spiro atoms. The van der Waals surface area contributed by atoms with Crippen LogP contribution in [0.4, 0.5) is 19.0 Å². The van der Waals surface area contributed by atoms with E-state index in [1.807, 2.05) is 6.92 Å². The molecule has 8 heteroatoms. The minimum absolute atomic E-state index is 0.118. The first-order valence-electron chi connectivity index (χ1n) is 7.11. The zero-order chi connectivity index (χ0) is 16.4. The molecule has 0 fully saturated rings. The van der Waals surface area contributed by atoms with E-state index in [1.54, 1.807) is 24.3 Å². The van der Waals surface area contributed by atoms with Gasteiger partial charge >= 0.3 is 0 Å². The summed E-state index contributed by atoms with van der Waals surface area (Å²) in [6.45, 7) is 1.96. The van der Waals surface area contributed by atoms with Gasteiger partial charge in [0.25, 0.3) is 6.43 Å². The van der Waals surface area contributed by atoms with Crippen LogP contribution in [0, 0.1) is 5.82 Å². The highest BCUT2D eigenvalue weighted by atomic mass is 19.3. The van der Waals surface area contributed by atoms with Crippen molar-refractivity contribution >= 4 is 11.5 Å². The van der Waals surface area contributed by atoms with Crippen molar-refractivity contribution in [3.63, 3.8) is 0 Å². The molecule has 1 N–H and O–H groups in total. The van der Waals surface area contributed by atoms with Crippen LogP contribution in [-0.4, -0.2) is 19.8 Å². The van der Waals surface area contributed by atoms with Crippen molar-refractivity contribution < 1.29 is 13.2 Å². The summed E-state index contributed by atoms with van der Waals surface area (Å²) < 4.78 is 39.8. The largest absolute Gasteiger partial charge is 0.362 e.